The van der Waals surface area contributed by atoms with E-state index in [4.69, 9.17) is 0 Å². The maximum absolute atomic E-state index is 12.3. The van der Waals surface area contributed by atoms with E-state index >= 15 is 0 Å². The van der Waals surface area contributed by atoms with Crippen LogP contribution in [0.2, 0.25) is 0 Å². The minimum Gasteiger partial charge on any atom is -0.508 e. The number of anilines is 1. The number of piperidine rings is 1. The molecule has 142 valence electrons. The number of nitro groups is 1. The quantitative estimate of drug-likeness (QED) is 0.596. The summed E-state index contributed by atoms with van der Waals surface area (Å²) in [6, 6.07) is 10.1. The standard InChI is InChI=1S/C19H22N4O4/c24-17-4-1-14(2-5-17)7-10-20-19(25)15-8-11-22(12-9-15)18-6-3-16(13-21-18)23(26)27/h1-6,13,15,24H,7-12H2,(H,20,25). The van der Waals surface area contributed by atoms with Gasteiger partial charge in [0, 0.05) is 31.6 Å². The summed E-state index contributed by atoms with van der Waals surface area (Å²) >= 11 is 0. The lowest BCUT2D eigenvalue weighted by atomic mass is 9.96. The third kappa shape index (κ3) is 4.93. The molecule has 1 aromatic carbocycles. The Labute approximate surface area is 157 Å². The van der Waals surface area contributed by atoms with Crippen LogP contribution in [0.3, 0.4) is 0 Å². The molecule has 1 aliphatic rings. The molecule has 1 amide bonds. The van der Waals surface area contributed by atoms with Gasteiger partial charge < -0.3 is 15.3 Å². The fraction of sp³-hybridized carbons (Fsp3) is 0.368. The van der Waals surface area contributed by atoms with E-state index in [1.165, 1.54) is 12.3 Å². The van der Waals surface area contributed by atoms with Gasteiger partial charge in [0.15, 0.2) is 0 Å². The van der Waals surface area contributed by atoms with Crippen molar-refractivity contribution in [3.05, 3.63) is 58.3 Å². The monoisotopic (exact) mass is 370 g/mol. The Morgan fingerprint density at radius 3 is 2.52 bits per heavy atom. The molecule has 0 aliphatic carbocycles. The van der Waals surface area contributed by atoms with E-state index in [9.17, 15) is 20.0 Å². The maximum Gasteiger partial charge on any atom is 0.287 e. The number of pyridine rings is 1. The zero-order valence-electron chi connectivity index (χ0n) is 14.9. The van der Waals surface area contributed by atoms with Crippen LogP contribution >= 0.6 is 0 Å². The summed E-state index contributed by atoms with van der Waals surface area (Å²) in [6.07, 6.45) is 3.43. The lowest BCUT2D eigenvalue weighted by Crippen LogP contribution is -2.41. The molecule has 0 saturated carbocycles. The fourth-order valence-electron chi connectivity index (χ4n) is 3.18. The second kappa shape index (κ2) is 8.48. The van der Waals surface area contributed by atoms with Crippen molar-refractivity contribution in [1.29, 1.82) is 0 Å². The van der Waals surface area contributed by atoms with E-state index in [0.717, 1.165) is 24.8 Å². The van der Waals surface area contributed by atoms with Gasteiger partial charge in [0.05, 0.1) is 4.92 Å². The highest BCUT2D eigenvalue weighted by molar-refractivity contribution is 5.79. The molecule has 2 N–H and O–H groups in total. The Hall–Kier alpha value is -3.16. The molecule has 8 heteroatoms. The van der Waals surface area contributed by atoms with E-state index in [1.54, 1.807) is 18.2 Å². The van der Waals surface area contributed by atoms with Crippen LogP contribution in [0.1, 0.15) is 18.4 Å². The number of benzene rings is 1. The second-order valence-electron chi connectivity index (χ2n) is 6.60. The van der Waals surface area contributed by atoms with Crippen LogP contribution < -0.4 is 10.2 Å². The highest BCUT2D eigenvalue weighted by atomic mass is 16.6. The Balaban J connectivity index is 1.43. The minimum atomic E-state index is -0.467. The number of amides is 1. The van der Waals surface area contributed by atoms with Crippen molar-refractivity contribution in [2.75, 3.05) is 24.5 Å². The second-order valence-corrected chi connectivity index (χ2v) is 6.60. The van der Waals surface area contributed by atoms with Gasteiger partial charge in [-0.2, -0.15) is 0 Å². The Morgan fingerprint density at radius 2 is 1.93 bits per heavy atom. The van der Waals surface area contributed by atoms with Gasteiger partial charge in [0.2, 0.25) is 5.91 Å². The predicted octanol–water partition coefficient (Wildman–Crippen LogP) is 2.27. The third-order valence-corrected chi connectivity index (χ3v) is 4.78. The lowest BCUT2D eigenvalue weighted by Gasteiger charge is -2.32. The topological polar surface area (TPSA) is 109 Å². The van der Waals surface area contributed by atoms with E-state index in [2.05, 4.69) is 10.3 Å². The minimum absolute atomic E-state index is 0.0263. The van der Waals surface area contributed by atoms with Crippen LogP contribution in [-0.4, -0.2) is 40.6 Å². The fourth-order valence-corrected chi connectivity index (χ4v) is 3.18. The number of hydrogen-bond donors (Lipinski definition) is 2. The predicted molar refractivity (Wildman–Crippen MR) is 101 cm³/mol. The molecule has 27 heavy (non-hydrogen) atoms. The summed E-state index contributed by atoms with van der Waals surface area (Å²) in [4.78, 5) is 28.8. The Morgan fingerprint density at radius 1 is 1.22 bits per heavy atom. The number of aromatic nitrogens is 1. The smallest absolute Gasteiger partial charge is 0.287 e. The van der Waals surface area contributed by atoms with Crippen LogP contribution in [0.25, 0.3) is 0 Å². The number of nitrogens with one attached hydrogen (secondary N) is 1. The van der Waals surface area contributed by atoms with Crippen LogP contribution in [0.4, 0.5) is 11.5 Å². The van der Waals surface area contributed by atoms with Crippen molar-refractivity contribution in [2.45, 2.75) is 19.3 Å². The lowest BCUT2D eigenvalue weighted by molar-refractivity contribution is -0.385. The molecule has 1 aromatic heterocycles. The van der Waals surface area contributed by atoms with Gasteiger partial charge in [-0.25, -0.2) is 4.98 Å². The third-order valence-electron chi connectivity index (χ3n) is 4.78. The summed E-state index contributed by atoms with van der Waals surface area (Å²) in [7, 11) is 0. The van der Waals surface area contributed by atoms with Gasteiger partial charge >= 0.3 is 0 Å². The number of nitrogens with zero attached hydrogens (tertiary/aromatic N) is 3. The number of carbonyl (C=O) groups excluding carboxylic acids is 1. The molecule has 3 rings (SSSR count). The largest absolute Gasteiger partial charge is 0.508 e. The van der Waals surface area contributed by atoms with Crippen molar-refractivity contribution in [1.82, 2.24) is 10.3 Å². The molecule has 2 heterocycles. The van der Waals surface area contributed by atoms with Crippen LogP contribution in [0.15, 0.2) is 42.6 Å². The summed E-state index contributed by atoms with van der Waals surface area (Å²) in [5, 5.41) is 22.9. The summed E-state index contributed by atoms with van der Waals surface area (Å²) in [5.41, 5.74) is 1.04. The zero-order valence-corrected chi connectivity index (χ0v) is 14.9. The highest BCUT2D eigenvalue weighted by Gasteiger charge is 2.25. The summed E-state index contributed by atoms with van der Waals surface area (Å²) in [5.74, 6) is 0.966. The molecule has 8 nitrogen and oxygen atoms in total. The molecule has 0 unspecified atom stereocenters. The van der Waals surface area contributed by atoms with E-state index in [0.29, 0.717) is 25.5 Å². The summed E-state index contributed by atoms with van der Waals surface area (Å²) < 4.78 is 0. The molecule has 0 spiro atoms. The summed E-state index contributed by atoms with van der Waals surface area (Å²) in [6.45, 7) is 1.95. The molecule has 0 radical (unpaired) electrons. The first-order valence-electron chi connectivity index (χ1n) is 8.94. The van der Waals surface area contributed by atoms with Gasteiger partial charge in [-0.15, -0.1) is 0 Å². The molecule has 2 aromatic rings. The molecule has 1 saturated heterocycles. The van der Waals surface area contributed by atoms with Gasteiger partial charge in [0.25, 0.3) is 5.69 Å². The van der Waals surface area contributed by atoms with Crippen molar-refractivity contribution >= 4 is 17.4 Å². The van der Waals surface area contributed by atoms with E-state index < -0.39 is 4.92 Å². The number of phenolic OH excluding ortho intramolecular Hbond substituents is 1. The number of hydrogen-bond acceptors (Lipinski definition) is 6. The number of phenols is 1. The van der Waals surface area contributed by atoms with Crippen molar-refractivity contribution in [3.8, 4) is 5.75 Å². The molecular formula is C19H22N4O4. The van der Waals surface area contributed by atoms with Crippen molar-refractivity contribution in [3.63, 3.8) is 0 Å². The Bertz CT molecular complexity index is 784. The SMILES string of the molecule is O=C(NCCc1ccc(O)cc1)C1CCN(c2ccc([N+](=O)[O-])cn2)CC1. The Kier molecular flexibility index (Phi) is 5.85. The normalized spacial score (nSPS) is 14.7. The van der Waals surface area contributed by atoms with Crippen LogP contribution in [-0.2, 0) is 11.2 Å². The molecule has 0 atom stereocenters. The molecule has 1 fully saturated rings. The van der Waals surface area contributed by atoms with Crippen LogP contribution in [0.5, 0.6) is 5.75 Å². The van der Waals surface area contributed by atoms with Gasteiger partial charge in [-0.3, -0.25) is 14.9 Å². The first-order valence-corrected chi connectivity index (χ1v) is 8.94. The van der Waals surface area contributed by atoms with Crippen molar-refractivity contribution < 1.29 is 14.8 Å². The molecule has 1 aliphatic heterocycles. The van der Waals surface area contributed by atoms with Crippen molar-refractivity contribution in [2.24, 2.45) is 5.92 Å². The van der Waals surface area contributed by atoms with Crippen LogP contribution in [0, 0.1) is 16.0 Å². The van der Waals surface area contributed by atoms with Gasteiger partial charge in [-0.1, -0.05) is 12.1 Å². The highest BCUT2D eigenvalue weighted by Crippen LogP contribution is 2.23. The van der Waals surface area contributed by atoms with Gasteiger partial charge in [-0.05, 0) is 43.0 Å². The number of aromatic hydroxyl groups is 1. The maximum atomic E-state index is 12.3. The molecular weight excluding hydrogens is 348 g/mol. The van der Waals surface area contributed by atoms with Gasteiger partial charge in [0.1, 0.15) is 17.8 Å². The molecule has 0 bridgehead atoms. The average molecular weight is 370 g/mol. The first kappa shape index (κ1) is 18.6. The zero-order chi connectivity index (χ0) is 19.2. The number of carbonyl (C=O) groups is 1. The van der Waals surface area contributed by atoms with E-state index in [-0.39, 0.29) is 23.3 Å². The van der Waals surface area contributed by atoms with E-state index in [1.807, 2.05) is 17.0 Å². The number of rotatable bonds is 6. The first-order chi connectivity index (χ1) is 13.0. The average Bonchev–Trinajstić information content (AvgIpc) is 2.69.